The van der Waals surface area contributed by atoms with Gasteiger partial charge in [0.15, 0.2) is 0 Å². The van der Waals surface area contributed by atoms with Gasteiger partial charge in [-0.05, 0) is 63.1 Å². The molecule has 23 heavy (non-hydrogen) atoms. The molecule has 0 atom stereocenters. The molecule has 126 valence electrons. The predicted octanol–water partition coefficient (Wildman–Crippen LogP) is 4.59. The first kappa shape index (κ1) is 17.7. The molecule has 2 rings (SSSR count). The van der Waals surface area contributed by atoms with Gasteiger partial charge in [-0.15, -0.1) is 0 Å². The highest BCUT2D eigenvalue weighted by molar-refractivity contribution is 5.22. The summed E-state index contributed by atoms with van der Waals surface area (Å²) in [5.74, 6) is 0. The molecule has 2 aromatic rings. The van der Waals surface area contributed by atoms with Crippen LogP contribution < -0.4 is 0 Å². The highest BCUT2D eigenvalue weighted by Gasteiger charge is 2.06. The average molecular weight is 313 g/mol. The van der Waals surface area contributed by atoms with E-state index < -0.39 is 0 Å². The number of aromatic nitrogens is 3. The van der Waals surface area contributed by atoms with Crippen molar-refractivity contribution >= 4 is 0 Å². The monoisotopic (exact) mass is 313 g/mol. The van der Waals surface area contributed by atoms with Gasteiger partial charge in [0, 0.05) is 24.1 Å². The molecule has 0 bridgehead atoms. The van der Waals surface area contributed by atoms with Gasteiger partial charge in [0.2, 0.25) is 0 Å². The molecule has 2 aromatic heterocycles. The van der Waals surface area contributed by atoms with Crippen molar-refractivity contribution in [2.75, 3.05) is 0 Å². The van der Waals surface area contributed by atoms with E-state index in [9.17, 15) is 0 Å². The topological polar surface area (TPSA) is 30.7 Å². The maximum Gasteiger partial charge on any atom is 0.0627 e. The SMILES string of the molecule is CCCCc1ccc(CCCc2cc(CCC)nn2C)nc1C. The van der Waals surface area contributed by atoms with Gasteiger partial charge in [-0.1, -0.05) is 32.8 Å². The third-order valence-electron chi connectivity index (χ3n) is 4.45. The van der Waals surface area contributed by atoms with Crippen LogP contribution >= 0.6 is 0 Å². The lowest BCUT2D eigenvalue weighted by molar-refractivity contribution is 0.667. The number of unbranched alkanes of at least 4 members (excludes halogenated alkanes) is 1. The van der Waals surface area contributed by atoms with Crippen LogP contribution in [0.25, 0.3) is 0 Å². The predicted molar refractivity (Wildman–Crippen MR) is 96.8 cm³/mol. The van der Waals surface area contributed by atoms with Crippen molar-refractivity contribution in [1.82, 2.24) is 14.8 Å². The molecule has 2 heterocycles. The van der Waals surface area contributed by atoms with Gasteiger partial charge in [-0.3, -0.25) is 9.67 Å². The smallest absolute Gasteiger partial charge is 0.0627 e. The minimum absolute atomic E-state index is 1.04. The first-order chi connectivity index (χ1) is 11.1. The third kappa shape index (κ3) is 5.19. The zero-order valence-electron chi connectivity index (χ0n) is 15.2. The normalized spacial score (nSPS) is 11.1. The second-order valence-corrected chi connectivity index (χ2v) is 6.50. The Hall–Kier alpha value is -1.64. The fourth-order valence-corrected chi connectivity index (χ4v) is 3.05. The number of aryl methyl sites for hydroxylation is 6. The Labute approximate surface area is 141 Å². The summed E-state index contributed by atoms with van der Waals surface area (Å²) in [7, 11) is 2.05. The van der Waals surface area contributed by atoms with Crippen molar-refractivity contribution in [2.24, 2.45) is 7.05 Å². The van der Waals surface area contributed by atoms with Crippen LogP contribution in [0.3, 0.4) is 0 Å². The molecule has 0 unspecified atom stereocenters. The van der Waals surface area contributed by atoms with Crippen molar-refractivity contribution in [3.8, 4) is 0 Å². The summed E-state index contributed by atoms with van der Waals surface area (Å²) in [4.78, 5) is 4.79. The fraction of sp³-hybridized carbons (Fsp3) is 0.600. The van der Waals surface area contributed by atoms with Crippen molar-refractivity contribution < 1.29 is 0 Å². The van der Waals surface area contributed by atoms with Crippen LogP contribution in [0.5, 0.6) is 0 Å². The number of pyridine rings is 1. The highest BCUT2D eigenvalue weighted by atomic mass is 15.3. The fourth-order valence-electron chi connectivity index (χ4n) is 3.05. The first-order valence-corrected chi connectivity index (χ1v) is 9.11. The summed E-state index contributed by atoms with van der Waals surface area (Å²) in [6.45, 7) is 6.58. The van der Waals surface area contributed by atoms with Crippen LogP contribution in [0.2, 0.25) is 0 Å². The Kier molecular flexibility index (Phi) is 6.82. The molecule has 0 aliphatic carbocycles. The molecule has 0 N–H and O–H groups in total. The molecular weight excluding hydrogens is 282 g/mol. The van der Waals surface area contributed by atoms with Gasteiger partial charge in [-0.25, -0.2) is 0 Å². The van der Waals surface area contributed by atoms with Gasteiger partial charge >= 0.3 is 0 Å². The van der Waals surface area contributed by atoms with Gasteiger partial charge < -0.3 is 0 Å². The van der Waals surface area contributed by atoms with E-state index in [-0.39, 0.29) is 0 Å². The first-order valence-electron chi connectivity index (χ1n) is 9.11. The Morgan fingerprint density at radius 2 is 1.74 bits per heavy atom. The Balaban J connectivity index is 1.87. The molecule has 0 aliphatic heterocycles. The summed E-state index contributed by atoms with van der Waals surface area (Å²) in [6, 6.07) is 6.75. The Morgan fingerprint density at radius 3 is 2.43 bits per heavy atom. The summed E-state index contributed by atoms with van der Waals surface area (Å²) in [5, 5.41) is 4.58. The third-order valence-corrected chi connectivity index (χ3v) is 4.45. The van der Waals surface area contributed by atoms with Crippen LogP contribution in [-0.4, -0.2) is 14.8 Å². The van der Waals surface area contributed by atoms with E-state index >= 15 is 0 Å². The largest absolute Gasteiger partial charge is 0.272 e. The minimum atomic E-state index is 1.04. The van der Waals surface area contributed by atoms with Crippen molar-refractivity contribution in [2.45, 2.75) is 72.1 Å². The Morgan fingerprint density at radius 1 is 0.913 bits per heavy atom. The molecule has 0 radical (unpaired) electrons. The summed E-state index contributed by atoms with van der Waals surface area (Å²) >= 11 is 0. The van der Waals surface area contributed by atoms with E-state index in [0.717, 1.165) is 38.5 Å². The second-order valence-electron chi connectivity index (χ2n) is 6.50. The van der Waals surface area contributed by atoms with Gasteiger partial charge in [0.25, 0.3) is 0 Å². The molecule has 3 heteroatoms. The molecule has 0 amide bonds. The van der Waals surface area contributed by atoms with E-state index in [1.54, 1.807) is 0 Å². The summed E-state index contributed by atoms with van der Waals surface area (Å²) in [5.41, 5.74) is 6.40. The average Bonchev–Trinajstić information content (AvgIpc) is 2.87. The van der Waals surface area contributed by atoms with Gasteiger partial charge in [0.1, 0.15) is 0 Å². The van der Waals surface area contributed by atoms with E-state index in [1.165, 1.54) is 41.2 Å². The number of hydrogen-bond acceptors (Lipinski definition) is 2. The molecule has 0 saturated heterocycles. The van der Waals surface area contributed by atoms with Gasteiger partial charge in [0.05, 0.1) is 5.69 Å². The maximum atomic E-state index is 4.79. The number of rotatable bonds is 9. The van der Waals surface area contributed by atoms with Crippen LogP contribution in [0.15, 0.2) is 18.2 Å². The lowest BCUT2D eigenvalue weighted by Crippen LogP contribution is -2.01. The van der Waals surface area contributed by atoms with Crippen LogP contribution in [0, 0.1) is 6.92 Å². The van der Waals surface area contributed by atoms with E-state index in [1.807, 2.05) is 4.68 Å². The molecule has 0 saturated carbocycles. The van der Waals surface area contributed by atoms with E-state index in [0.29, 0.717) is 0 Å². The second kappa shape index (κ2) is 8.85. The van der Waals surface area contributed by atoms with E-state index in [4.69, 9.17) is 4.98 Å². The molecule has 0 spiro atoms. The number of nitrogens with zero attached hydrogens (tertiary/aromatic N) is 3. The van der Waals surface area contributed by atoms with Crippen LogP contribution in [0.4, 0.5) is 0 Å². The van der Waals surface area contributed by atoms with Gasteiger partial charge in [-0.2, -0.15) is 5.10 Å². The summed E-state index contributed by atoms with van der Waals surface area (Å²) in [6.07, 6.45) is 9.14. The zero-order valence-corrected chi connectivity index (χ0v) is 15.2. The molecule has 0 fully saturated rings. The lowest BCUT2D eigenvalue weighted by Gasteiger charge is -2.07. The van der Waals surface area contributed by atoms with Crippen molar-refractivity contribution in [1.29, 1.82) is 0 Å². The molecule has 0 aliphatic rings. The van der Waals surface area contributed by atoms with Crippen molar-refractivity contribution in [3.05, 3.63) is 46.5 Å². The zero-order chi connectivity index (χ0) is 16.7. The summed E-state index contributed by atoms with van der Waals surface area (Å²) < 4.78 is 2.04. The number of hydrogen-bond donors (Lipinski definition) is 0. The minimum Gasteiger partial charge on any atom is -0.272 e. The van der Waals surface area contributed by atoms with Crippen LogP contribution in [0.1, 0.15) is 67.9 Å². The molecular formula is C20H31N3. The van der Waals surface area contributed by atoms with E-state index in [2.05, 4.69) is 51.1 Å². The standard InChI is InChI=1S/C20H31N3/c1-5-7-10-17-13-14-18(21-16(17)3)11-8-12-20-15-19(9-6-2)22-23(20)4/h13-15H,5-12H2,1-4H3. The molecule has 3 nitrogen and oxygen atoms in total. The highest BCUT2D eigenvalue weighted by Crippen LogP contribution is 2.13. The maximum absolute atomic E-state index is 4.79. The molecule has 0 aromatic carbocycles. The lowest BCUT2D eigenvalue weighted by atomic mass is 10.1. The van der Waals surface area contributed by atoms with Crippen LogP contribution in [-0.2, 0) is 32.7 Å². The Bertz CT molecular complexity index is 613. The quantitative estimate of drug-likeness (QED) is 0.677. The van der Waals surface area contributed by atoms with Crippen molar-refractivity contribution in [3.63, 3.8) is 0 Å².